The lowest BCUT2D eigenvalue weighted by atomic mass is 9.79. The van der Waals surface area contributed by atoms with Gasteiger partial charge in [0.1, 0.15) is 23.7 Å². The third kappa shape index (κ3) is 3.84. The average molecular weight is 554 g/mol. The number of aliphatic imine (C=N–C) groups is 1. The zero-order chi connectivity index (χ0) is 27.5. The number of rotatable bonds is 4. The number of aromatic nitrogens is 1. The Morgan fingerprint density at radius 1 is 1.00 bits per heavy atom. The van der Waals surface area contributed by atoms with Gasteiger partial charge in [0.2, 0.25) is 11.8 Å². The number of hydrogen-bond acceptors (Lipinski definition) is 5. The van der Waals surface area contributed by atoms with E-state index in [-0.39, 0.29) is 24.3 Å². The molecule has 7 rings (SSSR count). The largest absolute Gasteiger partial charge is 0.325 e. The van der Waals surface area contributed by atoms with Gasteiger partial charge in [-0.2, -0.15) is 0 Å². The van der Waals surface area contributed by atoms with E-state index in [4.69, 9.17) is 16.6 Å². The highest BCUT2D eigenvalue weighted by Crippen LogP contribution is 2.47. The molecule has 0 bridgehead atoms. The predicted molar refractivity (Wildman–Crippen MR) is 153 cm³/mol. The zero-order valence-electron chi connectivity index (χ0n) is 21.9. The minimum atomic E-state index is -0.818. The van der Waals surface area contributed by atoms with Crippen molar-refractivity contribution in [1.82, 2.24) is 9.88 Å². The first-order valence-electron chi connectivity index (χ1n) is 13.7. The normalized spacial score (nSPS) is 22.3. The van der Waals surface area contributed by atoms with Crippen molar-refractivity contribution in [3.05, 3.63) is 88.1 Å². The Kier molecular flexibility index (Phi) is 5.78. The van der Waals surface area contributed by atoms with E-state index < -0.39 is 11.0 Å². The van der Waals surface area contributed by atoms with E-state index in [1.54, 1.807) is 12.3 Å². The van der Waals surface area contributed by atoms with Crippen molar-refractivity contribution >= 4 is 46.7 Å². The number of anilines is 2. The first-order valence-corrected chi connectivity index (χ1v) is 14.1. The van der Waals surface area contributed by atoms with Gasteiger partial charge in [-0.3, -0.25) is 24.3 Å². The Morgan fingerprint density at radius 3 is 2.62 bits per heavy atom. The van der Waals surface area contributed by atoms with E-state index in [0.29, 0.717) is 53.6 Å². The van der Waals surface area contributed by atoms with E-state index in [1.165, 1.54) is 4.90 Å². The highest BCUT2D eigenvalue weighted by molar-refractivity contribution is 6.35. The number of amidine groups is 1. The van der Waals surface area contributed by atoms with Crippen LogP contribution in [0.15, 0.2) is 65.8 Å². The molecule has 3 aromatic rings. The summed E-state index contributed by atoms with van der Waals surface area (Å²) in [5, 5.41) is 6.39. The molecule has 9 heteroatoms. The summed E-state index contributed by atoms with van der Waals surface area (Å²) in [7, 11) is 0. The molecular formula is C31H28ClN5O3. The van der Waals surface area contributed by atoms with Crippen molar-refractivity contribution in [3.8, 4) is 0 Å². The van der Waals surface area contributed by atoms with Crippen molar-refractivity contribution < 1.29 is 14.4 Å². The molecule has 1 fully saturated rings. The highest BCUT2D eigenvalue weighted by atomic mass is 35.5. The second-order valence-corrected chi connectivity index (χ2v) is 11.6. The van der Waals surface area contributed by atoms with Gasteiger partial charge in [0.15, 0.2) is 0 Å². The van der Waals surface area contributed by atoms with Crippen molar-refractivity contribution in [2.75, 3.05) is 17.2 Å². The molecule has 0 radical (unpaired) electrons. The summed E-state index contributed by atoms with van der Waals surface area (Å²) in [5.41, 5.74) is 2.79. The molecule has 1 atom stereocenters. The molecule has 8 nitrogen and oxygen atoms in total. The number of carbonyl (C=O) groups is 3. The van der Waals surface area contributed by atoms with Crippen LogP contribution in [-0.2, 0) is 32.6 Å². The van der Waals surface area contributed by atoms with E-state index in [2.05, 4.69) is 15.6 Å². The molecule has 0 saturated heterocycles. The van der Waals surface area contributed by atoms with Crippen LogP contribution in [-0.4, -0.2) is 45.5 Å². The van der Waals surface area contributed by atoms with Gasteiger partial charge in [0, 0.05) is 23.0 Å². The van der Waals surface area contributed by atoms with Crippen LogP contribution in [0.1, 0.15) is 54.4 Å². The fourth-order valence-electron chi connectivity index (χ4n) is 6.80. The van der Waals surface area contributed by atoms with E-state index >= 15 is 0 Å². The van der Waals surface area contributed by atoms with E-state index in [1.807, 2.05) is 48.5 Å². The van der Waals surface area contributed by atoms with Gasteiger partial charge in [-0.25, -0.2) is 4.98 Å². The van der Waals surface area contributed by atoms with Gasteiger partial charge >= 0.3 is 0 Å². The maximum Gasteiger partial charge on any atom is 0.256 e. The lowest BCUT2D eigenvalue weighted by Crippen LogP contribution is -2.46. The highest BCUT2D eigenvalue weighted by Gasteiger charge is 2.51. The van der Waals surface area contributed by atoms with Crippen molar-refractivity contribution in [1.29, 1.82) is 0 Å². The fourth-order valence-corrected chi connectivity index (χ4v) is 7.02. The van der Waals surface area contributed by atoms with Gasteiger partial charge in [0.05, 0.1) is 10.4 Å². The average Bonchev–Trinajstić information content (AvgIpc) is 3.56. The van der Waals surface area contributed by atoms with Gasteiger partial charge in [0.25, 0.3) is 5.91 Å². The number of halogens is 1. The molecule has 1 saturated carbocycles. The summed E-state index contributed by atoms with van der Waals surface area (Å²) in [6.07, 6.45) is 7.09. The Morgan fingerprint density at radius 2 is 1.80 bits per heavy atom. The molecular weight excluding hydrogens is 526 g/mol. The minimum Gasteiger partial charge on any atom is -0.325 e. The smallest absolute Gasteiger partial charge is 0.256 e. The van der Waals surface area contributed by atoms with Crippen LogP contribution < -0.4 is 10.6 Å². The first kappa shape index (κ1) is 25.0. The number of nitrogens with one attached hydrogen (secondary N) is 2. The first-order chi connectivity index (χ1) is 19.4. The van der Waals surface area contributed by atoms with Crippen LogP contribution >= 0.6 is 11.6 Å². The van der Waals surface area contributed by atoms with Crippen LogP contribution in [0.4, 0.5) is 11.5 Å². The molecule has 2 aliphatic heterocycles. The van der Waals surface area contributed by atoms with Crippen LogP contribution in [0.25, 0.3) is 0 Å². The Labute approximate surface area is 236 Å². The zero-order valence-corrected chi connectivity index (χ0v) is 22.6. The van der Waals surface area contributed by atoms with Gasteiger partial charge < -0.3 is 10.6 Å². The van der Waals surface area contributed by atoms with Crippen molar-refractivity contribution in [2.45, 2.75) is 55.9 Å². The number of carbonyl (C=O) groups excluding carboxylic acids is 3. The fraction of sp³-hybridized carbons (Fsp3) is 0.323. The topological polar surface area (TPSA) is 104 Å². The quantitative estimate of drug-likeness (QED) is 0.490. The molecule has 3 amide bonds. The molecule has 2 aromatic carbocycles. The summed E-state index contributed by atoms with van der Waals surface area (Å²) in [4.78, 5) is 50.9. The van der Waals surface area contributed by atoms with Crippen molar-refractivity contribution in [3.63, 3.8) is 0 Å². The molecule has 1 aromatic heterocycles. The minimum absolute atomic E-state index is 0.0430. The summed E-state index contributed by atoms with van der Waals surface area (Å²) in [6.45, 7) is -0.160. The Hall–Kier alpha value is -4.04. The second kappa shape index (κ2) is 9.27. The number of amides is 3. The molecule has 4 aliphatic rings. The third-order valence-corrected chi connectivity index (χ3v) is 9.11. The molecule has 202 valence electrons. The molecule has 40 heavy (non-hydrogen) atoms. The number of benzene rings is 2. The maximum absolute atomic E-state index is 13.7. The van der Waals surface area contributed by atoms with E-state index in [0.717, 1.165) is 36.0 Å². The Bertz CT molecular complexity index is 1610. The lowest BCUT2D eigenvalue weighted by molar-refractivity contribution is -0.134. The maximum atomic E-state index is 13.7. The van der Waals surface area contributed by atoms with Gasteiger partial charge in [-0.1, -0.05) is 55.1 Å². The predicted octanol–water partition coefficient (Wildman–Crippen LogP) is 4.65. The summed E-state index contributed by atoms with van der Waals surface area (Å²) in [6, 6.07) is 16.9. The van der Waals surface area contributed by atoms with E-state index in [9.17, 15) is 14.4 Å². The molecule has 1 unspecified atom stereocenters. The van der Waals surface area contributed by atoms with Gasteiger partial charge in [-0.15, -0.1) is 0 Å². The molecule has 2 aliphatic carbocycles. The van der Waals surface area contributed by atoms with Crippen LogP contribution in [0.5, 0.6) is 0 Å². The Balaban J connectivity index is 1.12. The molecule has 2 spiro atoms. The molecule has 3 heterocycles. The van der Waals surface area contributed by atoms with Gasteiger partial charge in [-0.05, 0) is 67.1 Å². The number of pyridine rings is 1. The lowest BCUT2D eigenvalue weighted by Gasteiger charge is -2.29. The van der Waals surface area contributed by atoms with Crippen LogP contribution in [0, 0.1) is 0 Å². The van der Waals surface area contributed by atoms with Crippen LogP contribution in [0.2, 0.25) is 5.02 Å². The monoisotopic (exact) mass is 553 g/mol. The SMILES string of the molecule is O=C(CN1C(=O)C2(CCCCC2)N=C1c1ccccc1Cl)Nc1ccc2c(c1)CC1(C2)C(=O)Nc2ncccc21. The molecule has 2 N–H and O–H groups in total. The summed E-state index contributed by atoms with van der Waals surface area (Å²) >= 11 is 6.51. The van der Waals surface area contributed by atoms with Crippen molar-refractivity contribution in [2.24, 2.45) is 4.99 Å². The summed E-state index contributed by atoms with van der Waals surface area (Å²) in [5.74, 6) is 0.590. The summed E-state index contributed by atoms with van der Waals surface area (Å²) < 4.78 is 0. The van der Waals surface area contributed by atoms with Crippen LogP contribution in [0.3, 0.4) is 0 Å². The number of hydrogen-bond donors (Lipinski definition) is 2. The third-order valence-electron chi connectivity index (χ3n) is 8.78. The number of nitrogens with zero attached hydrogens (tertiary/aromatic N) is 3. The standard InChI is InChI=1S/C31H28ClN5O3/c32-24-9-3-2-7-22(24)27-36-31(12-4-1-5-13-31)29(40)37(27)18-25(38)34-21-11-10-19-16-30(17-20(19)15-21)23-8-6-14-33-26(23)35-28(30)39/h2-3,6-11,14-15H,1,4-5,12-13,16-18H2,(H,34,38)(H,33,35,39). The number of fused-ring (bicyclic) bond motifs is 3. The second-order valence-electron chi connectivity index (χ2n) is 11.2.